The molecule has 0 aliphatic rings. The normalized spacial score (nSPS) is 11.2. The maximum atomic E-state index is 5.67. The number of nitrogens with one attached hydrogen (secondary N) is 1. The van der Waals surface area contributed by atoms with Gasteiger partial charge in [-0.05, 0) is 19.3 Å². The van der Waals surface area contributed by atoms with Crippen LogP contribution in [0.3, 0.4) is 0 Å². The van der Waals surface area contributed by atoms with Crippen molar-refractivity contribution in [2.24, 2.45) is 16.6 Å². The molecule has 0 aromatic carbocycles. The molecular formula is C12H26IN3O. The third-order valence-electron chi connectivity index (χ3n) is 1.89. The van der Waals surface area contributed by atoms with E-state index in [1.54, 1.807) is 0 Å². The average Bonchev–Trinajstić information content (AvgIpc) is 2.16. The standard InChI is InChI=1S/C12H25N3O.HI/c1-10(2)5-6-14-12(13)15-7-8-16-9-11(3)4;/h10H,3,5-9H2,1-2,4H3,(H3,13,14,15);1H. The number of hydrogen-bond acceptors (Lipinski definition) is 2. The van der Waals surface area contributed by atoms with Gasteiger partial charge in [0.05, 0.1) is 13.2 Å². The van der Waals surface area contributed by atoms with E-state index in [-0.39, 0.29) is 24.0 Å². The fraction of sp³-hybridized carbons (Fsp3) is 0.750. The lowest BCUT2D eigenvalue weighted by molar-refractivity contribution is 0.161. The Labute approximate surface area is 122 Å². The second-order valence-electron chi connectivity index (χ2n) is 4.39. The van der Waals surface area contributed by atoms with Crippen molar-refractivity contribution in [2.75, 3.05) is 26.3 Å². The molecule has 0 saturated carbocycles. The number of guanidine groups is 1. The molecule has 0 radical (unpaired) electrons. The molecule has 0 aromatic rings. The van der Waals surface area contributed by atoms with E-state index in [1.807, 2.05) is 6.92 Å². The first kappa shape index (κ1) is 19.0. The second-order valence-corrected chi connectivity index (χ2v) is 4.39. The summed E-state index contributed by atoms with van der Waals surface area (Å²) in [6.07, 6.45) is 1.06. The Morgan fingerprint density at radius 1 is 1.47 bits per heavy atom. The van der Waals surface area contributed by atoms with Crippen molar-refractivity contribution in [3.63, 3.8) is 0 Å². The first-order valence-electron chi connectivity index (χ1n) is 5.78. The predicted molar refractivity (Wildman–Crippen MR) is 85.0 cm³/mol. The van der Waals surface area contributed by atoms with Crippen LogP contribution in [0.2, 0.25) is 0 Å². The van der Waals surface area contributed by atoms with E-state index >= 15 is 0 Å². The highest BCUT2D eigenvalue weighted by Gasteiger charge is 1.94. The smallest absolute Gasteiger partial charge is 0.188 e. The summed E-state index contributed by atoms with van der Waals surface area (Å²) in [4.78, 5) is 4.21. The minimum atomic E-state index is 0. The van der Waals surface area contributed by atoms with Gasteiger partial charge in [-0.2, -0.15) is 0 Å². The Morgan fingerprint density at radius 3 is 2.65 bits per heavy atom. The minimum absolute atomic E-state index is 0. The Balaban J connectivity index is 0. The quantitative estimate of drug-likeness (QED) is 0.231. The molecule has 0 unspecified atom stereocenters. The fourth-order valence-corrected chi connectivity index (χ4v) is 0.997. The predicted octanol–water partition coefficient (Wildman–Crippen LogP) is 2.15. The number of nitrogens with zero attached hydrogens (tertiary/aromatic N) is 1. The highest BCUT2D eigenvalue weighted by Crippen LogP contribution is 1.97. The van der Waals surface area contributed by atoms with Crippen LogP contribution in [0.4, 0.5) is 0 Å². The zero-order chi connectivity index (χ0) is 12.4. The molecule has 0 aliphatic carbocycles. The maximum Gasteiger partial charge on any atom is 0.188 e. The number of rotatable bonds is 8. The van der Waals surface area contributed by atoms with Gasteiger partial charge in [-0.25, -0.2) is 0 Å². The zero-order valence-corrected chi connectivity index (χ0v) is 13.5. The molecule has 0 rings (SSSR count). The molecular weight excluding hydrogens is 329 g/mol. The number of halogens is 1. The molecule has 0 saturated heterocycles. The maximum absolute atomic E-state index is 5.67. The number of aliphatic imine (C=N–C) groups is 1. The van der Waals surface area contributed by atoms with Gasteiger partial charge in [0.1, 0.15) is 0 Å². The van der Waals surface area contributed by atoms with Crippen LogP contribution in [0.5, 0.6) is 0 Å². The van der Waals surface area contributed by atoms with Crippen LogP contribution in [-0.4, -0.2) is 32.3 Å². The van der Waals surface area contributed by atoms with E-state index in [4.69, 9.17) is 10.5 Å². The molecule has 17 heavy (non-hydrogen) atoms. The number of hydrogen-bond donors (Lipinski definition) is 2. The highest BCUT2D eigenvalue weighted by atomic mass is 127. The molecule has 4 nitrogen and oxygen atoms in total. The molecule has 0 aromatic heterocycles. The molecule has 3 N–H and O–H groups in total. The Morgan fingerprint density at radius 2 is 2.12 bits per heavy atom. The van der Waals surface area contributed by atoms with Crippen LogP contribution in [-0.2, 0) is 4.74 Å². The Hall–Kier alpha value is -0.300. The number of ether oxygens (including phenoxy) is 1. The summed E-state index contributed by atoms with van der Waals surface area (Å²) in [6, 6.07) is 0. The van der Waals surface area contributed by atoms with Gasteiger partial charge >= 0.3 is 0 Å². The minimum Gasteiger partial charge on any atom is -0.375 e. The molecule has 0 fully saturated rings. The summed E-state index contributed by atoms with van der Waals surface area (Å²) in [5, 5.41) is 3.00. The van der Waals surface area contributed by atoms with E-state index in [0.717, 1.165) is 18.5 Å². The van der Waals surface area contributed by atoms with Crippen LogP contribution in [0.1, 0.15) is 27.2 Å². The molecule has 5 heteroatoms. The van der Waals surface area contributed by atoms with Crippen LogP contribution < -0.4 is 11.1 Å². The van der Waals surface area contributed by atoms with Gasteiger partial charge in [-0.15, -0.1) is 24.0 Å². The molecule has 102 valence electrons. The van der Waals surface area contributed by atoms with E-state index in [9.17, 15) is 0 Å². The summed E-state index contributed by atoms with van der Waals surface area (Å²) < 4.78 is 5.32. The van der Waals surface area contributed by atoms with E-state index < -0.39 is 0 Å². The van der Waals surface area contributed by atoms with Gasteiger partial charge in [0.15, 0.2) is 5.96 Å². The lowest BCUT2D eigenvalue weighted by Crippen LogP contribution is -2.34. The van der Waals surface area contributed by atoms with Crippen LogP contribution in [0.25, 0.3) is 0 Å². The fourth-order valence-electron chi connectivity index (χ4n) is 0.997. The zero-order valence-electron chi connectivity index (χ0n) is 11.2. The largest absolute Gasteiger partial charge is 0.375 e. The SMILES string of the molecule is C=C(C)COCCNC(N)=NCCC(C)C.I. The highest BCUT2D eigenvalue weighted by molar-refractivity contribution is 14.0. The summed E-state index contributed by atoms with van der Waals surface area (Å²) in [5.74, 6) is 1.16. The van der Waals surface area contributed by atoms with Gasteiger partial charge in [0, 0.05) is 13.1 Å². The van der Waals surface area contributed by atoms with Gasteiger partial charge in [0.2, 0.25) is 0 Å². The van der Waals surface area contributed by atoms with Crippen molar-refractivity contribution in [1.82, 2.24) is 5.32 Å². The lowest BCUT2D eigenvalue weighted by atomic mass is 10.1. The third kappa shape index (κ3) is 15.7. The molecule has 0 amide bonds. The van der Waals surface area contributed by atoms with Gasteiger partial charge in [0.25, 0.3) is 0 Å². The topological polar surface area (TPSA) is 59.6 Å². The van der Waals surface area contributed by atoms with Gasteiger partial charge < -0.3 is 15.8 Å². The summed E-state index contributed by atoms with van der Waals surface area (Å²) in [7, 11) is 0. The van der Waals surface area contributed by atoms with Crippen LogP contribution >= 0.6 is 24.0 Å². The van der Waals surface area contributed by atoms with E-state index in [1.165, 1.54) is 0 Å². The Bertz CT molecular complexity index is 230. The summed E-state index contributed by atoms with van der Waals surface area (Å²) in [6.45, 7) is 12.7. The van der Waals surface area contributed by atoms with Crippen molar-refractivity contribution < 1.29 is 4.74 Å². The van der Waals surface area contributed by atoms with Crippen molar-refractivity contribution in [3.05, 3.63) is 12.2 Å². The van der Waals surface area contributed by atoms with Crippen LogP contribution in [0, 0.1) is 5.92 Å². The summed E-state index contributed by atoms with van der Waals surface area (Å²) in [5.41, 5.74) is 6.69. The van der Waals surface area contributed by atoms with E-state index in [0.29, 0.717) is 31.6 Å². The Kier molecular flexibility index (Phi) is 13.6. The van der Waals surface area contributed by atoms with Crippen molar-refractivity contribution in [3.8, 4) is 0 Å². The first-order valence-corrected chi connectivity index (χ1v) is 5.78. The van der Waals surface area contributed by atoms with Crippen molar-refractivity contribution >= 4 is 29.9 Å². The lowest BCUT2D eigenvalue weighted by Gasteiger charge is -2.07. The monoisotopic (exact) mass is 355 g/mol. The van der Waals surface area contributed by atoms with Crippen LogP contribution in [0.15, 0.2) is 17.1 Å². The van der Waals surface area contributed by atoms with Crippen molar-refractivity contribution in [1.29, 1.82) is 0 Å². The van der Waals surface area contributed by atoms with Gasteiger partial charge in [-0.1, -0.05) is 26.0 Å². The molecule has 0 aliphatic heterocycles. The third-order valence-corrected chi connectivity index (χ3v) is 1.89. The summed E-state index contributed by atoms with van der Waals surface area (Å²) >= 11 is 0. The second kappa shape index (κ2) is 12.2. The molecule has 0 spiro atoms. The van der Waals surface area contributed by atoms with Crippen molar-refractivity contribution in [2.45, 2.75) is 27.2 Å². The number of nitrogens with two attached hydrogens (primary N) is 1. The molecule has 0 atom stereocenters. The van der Waals surface area contributed by atoms with E-state index in [2.05, 4.69) is 30.7 Å². The molecule has 0 bridgehead atoms. The average molecular weight is 355 g/mol. The molecule has 0 heterocycles. The first-order chi connectivity index (χ1) is 7.52. The van der Waals surface area contributed by atoms with Gasteiger partial charge in [-0.3, -0.25) is 4.99 Å².